The third kappa shape index (κ3) is 39.6. The van der Waals surface area contributed by atoms with E-state index >= 15 is 0 Å². The van der Waals surface area contributed by atoms with Crippen LogP contribution in [0.2, 0.25) is 0 Å². The first-order valence-corrected chi connectivity index (χ1v) is 2.78. The second kappa shape index (κ2) is 9.99. The van der Waals surface area contributed by atoms with Crippen LogP contribution in [0.3, 0.4) is 0 Å². The maximum absolute atomic E-state index is 5.07. The average Bonchev–Trinajstić information content (AvgIpc) is 1.69. The quantitative estimate of drug-likeness (QED) is 0.407. The van der Waals surface area contributed by atoms with Crippen LogP contribution in [0.1, 0.15) is 13.3 Å². The van der Waals surface area contributed by atoms with E-state index in [1.54, 1.807) is 0 Å². The van der Waals surface area contributed by atoms with Crippen LogP contribution in [-0.2, 0) is 0 Å². The lowest BCUT2D eigenvalue weighted by Gasteiger charge is -1.92. The molecule has 0 aliphatic rings. The van der Waals surface area contributed by atoms with E-state index in [4.69, 9.17) is 11.5 Å². The smallest absolute Gasteiger partial charge is 0.0518 e. The Morgan fingerprint density at radius 1 is 1.38 bits per heavy atom. The van der Waals surface area contributed by atoms with Crippen molar-refractivity contribution in [2.24, 2.45) is 11.5 Å². The fourth-order valence-electron chi connectivity index (χ4n) is 0. The van der Waals surface area contributed by atoms with E-state index < -0.39 is 0 Å². The Bertz CT molecular complexity index is 28.9. The number of hydrogen-bond donors (Lipinski definition) is 3. The SMILES string of the molecule is CCC(N)N.CNC. The lowest BCUT2D eigenvalue weighted by molar-refractivity contribution is 0.682. The third-order valence-corrected chi connectivity index (χ3v) is 0.471. The topological polar surface area (TPSA) is 64.1 Å². The van der Waals surface area contributed by atoms with Gasteiger partial charge < -0.3 is 16.8 Å². The predicted octanol–water partition coefficient (Wildman–Crippen LogP) is -0.524. The van der Waals surface area contributed by atoms with Crippen LogP contribution in [-0.4, -0.2) is 20.3 Å². The number of nitrogens with one attached hydrogen (secondary N) is 1. The van der Waals surface area contributed by atoms with Crippen LogP contribution < -0.4 is 16.8 Å². The summed E-state index contributed by atoms with van der Waals surface area (Å²) in [5.41, 5.74) is 10.1. The Morgan fingerprint density at radius 2 is 1.50 bits per heavy atom. The molecule has 0 aliphatic heterocycles. The molecule has 0 spiro atoms. The van der Waals surface area contributed by atoms with Gasteiger partial charge >= 0.3 is 0 Å². The zero-order valence-corrected chi connectivity index (χ0v) is 5.94. The Morgan fingerprint density at radius 3 is 1.50 bits per heavy atom. The summed E-state index contributed by atoms with van der Waals surface area (Å²) in [4.78, 5) is 0. The van der Waals surface area contributed by atoms with Crippen molar-refractivity contribution in [2.75, 3.05) is 14.1 Å². The Kier molecular flexibility index (Phi) is 13.5. The molecule has 0 atom stereocenters. The summed E-state index contributed by atoms with van der Waals surface area (Å²) < 4.78 is 0. The Labute approximate surface area is 51.4 Å². The molecule has 0 amide bonds. The van der Waals surface area contributed by atoms with E-state index in [0.717, 1.165) is 6.42 Å². The summed E-state index contributed by atoms with van der Waals surface area (Å²) in [5, 5.41) is 2.75. The van der Waals surface area contributed by atoms with Gasteiger partial charge in [-0.1, -0.05) is 6.92 Å². The molecule has 0 rings (SSSR count). The average molecular weight is 119 g/mol. The summed E-state index contributed by atoms with van der Waals surface area (Å²) >= 11 is 0. The van der Waals surface area contributed by atoms with Gasteiger partial charge in [-0.15, -0.1) is 0 Å². The number of nitrogens with two attached hydrogens (primary N) is 2. The largest absolute Gasteiger partial charge is 0.323 e. The summed E-state index contributed by atoms with van der Waals surface area (Å²) in [5.74, 6) is 0. The standard InChI is InChI=1S/C3H10N2.C2H7N/c1-2-3(4)5;1-3-2/h3H,2,4-5H2,1H3;3H,1-2H3. The summed E-state index contributed by atoms with van der Waals surface area (Å²) in [6, 6.07) is 0. The maximum Gasteiger partial charge on any atom is 0.0518 e. The first-order valence-electron chi connectivity index (χ1n) is 2.78. The summed E-state index contributed by atoms with van der Waals surface area (Å²) in [6.45, 7) is 1.95. The molecule has 8 heavy (non-hydrogen) atoms. The second-order valence-electron chi connectivity index (χ2n) is 1.57. The van der Waals surface area contributed by atoms with Gasteiger partial charge in [0.15, 0.2) is 0 Å². The van der Waals surface area contributed by atoms with E-state index in [-0.39, 0.29) is 6.17 Å². The number of rotatable bonds is 1. The zero-order chi connectivity index (χ0) is 6.99. The molecule has 52 valence electrons. The molecule has 0 fully saturated rings. The van der Waals surface area contributed by atoms with E-state index in [9.17, 15) is 0 Å². The highest BCUT2D eigenvalue weighted by atomic mass is 14.8. The minimum Gasteiger partial charge on any atom is -0.323 e. The van der Waals surface area contributed by atoms with Gasteiger partial charge in [-0.3, -0.25) is 0 Å². The summed E-state index contributed by atoms with van der Waals surface area (Å²) in [7, 11) is 3.75. The van der Waals surface area contributed by atoms with Crippen LogP contribution in [0.15, 0.2) is 0 Å². The molecule has 0 aromatic carbocycles. The zero-order valence-electron chi connectivity index (χ0n) is 5.94. The molecule has 3 heteroatoms. The lowest BCUT2D eigenvalue weighted by atomic mass is 10.4. The van der Waals surface area contributed by atoms with Gasteiger partial charge in [-0.05, 0) is 20.5 Å². The van der Waals surface area contributed by atoms with Gasteiger partial charge in [0.1, 0.15) is 0 Å². The first-order chi connectivity index (χ1) is 3.68. The lowest BCUT2D eigenvalue weighted by Crippen LogP contribution is -2.28. The van der Waals surface area contributed by atoms with Gasteiger partial charge in [-0.2, -0.15) is 0 Å². The van der Waals surface area contributed by atoms with Crippen LogP contribution >= 0.6 is 0 Å². The Hall–Kier alpha value is -0.120. The number of hydrogen-bond acceptors (Lipinski definition) is 3. The highest BCUT2D eigenvalue weighted by Crippen LogP contribution is 1.68. The first kappa shape index (κ1) is 10.8. The molecular formula is C5H17N3. The highest BCUT2D eigenvalue weighted by molar-refractivity contribution is 4.40. The van der Waals surface area contributed by atoms with E-state index in [1.165, 1.54) is 0 Å². The molecule has 3 nitrogen and oxygen atoms in total. The fourth-order valence-corrected chi connectivity index (χ4v) is 0. The van der Waals surface area contributed by atoms with E-state index in [2.05, 4.69) is 5.32 Å². The maximum atomic E-state index is 5.07. The van der Waals surface area contributed by atoms with Crippen molar-refractivity contribution in [3.8, 4) is 0 Å². The van der Waals surface area contributed by atoms with Gasteiger partial charge in [0.2, 0.25) is 0 Å². The van der Waals surface area contributed by atoms with E-state index in [1.807, 2.05) is 21.0 Å². The van der Waals surface area contributed by atoms with Crippen LogP contribution in [0.4, 0.5) is 0 Å². The van der Waals surface area contributed by atoms with Crippen LogP contribution in [0.25, 0.3) is 0 Å². The molecule has 0 bridgehead atoms. The van der Waals surface area contributed by atoms with Gasteiger partial charge in [-0.25, -0.2) is 0 Å². The second-order valence-corrected chi connectivity index (χ2v) is 1.57. The Balaban J connectivity index is 0. The van der Waals surface area contributed by atoms with Crippen molar-refractivity contribution >= 4 is 0 Å². The van der Waals surface area contributed by atoms with Crippen molar-refractivity contribution in [1.29, 1.82) is 0 Å². The molecule has 0 saturated heterocycles. The monoisotopic (exact) mass is 119 g/mol. The summed E-state index contributed by atoms with van der Waals surface area (Å²) in [6.07, 6.45) is 0.745. The van der Waals surface area contributed by atoms with Gasteiger partial charge in [0.25, 0.3) is 0 Å². The van der Waals surface area contributed by atoms with Crippen molar-refractivity contribution in [2.45, 2.75) is 19.5 Å². The van der Waals surface area contributed by atoms with Crippen molar-refractivity contribution in [3.05, 3.63) is 0 Å². The van der Waals surface area contributed by atoms with Crippen molar-refractivity contribution in [3.63, 3.8) is 0 Å². The molecule has 0 aliphatic carbocycles. The minimum atomic E-state index is -0.116. The van der Waals surface area contributed by atoms with Gasteiger partial charge in [0, 0.05) is 0 Å². The minimum absolute atomic E-state index is 0.116. The molecule has 0 saturated carbocycles. The van der Waals surface area contributed by atoms with Crippen molar-refractivity contribution < 1.29 is 0 Å². The normalized spacial score (nSPS) is 8.25. The molecule has 0 aromatic heterocycles. The van der Waals surface area contributed by atoms with Gasteiger partial charge in [0.05, 0.1) is 6.17 Å². The fraction of sp³-hybridized carbons (Fsp3) is 1.00. The third-order valence-electron chi connectivity index (χ3n) is 0.471. The highest BCUT2D eigenvalue weighted by Gasteiger charge is 1.79. The molecule has 0 aromatic rings. The molecule has 0 unspecified atom stereocenters. The van der Waals surface area contributed by atoms with Crippen molar-refractivity contribution in [1.82, 2.24) is 5.32 Å². The molecule has 5 N–H and O–H groups in total. The van der Waals surface area contributed by atoms with Crippen LogP contribution in [0, 0.1) is 0 Å². The molecule has 0 radical (unpaired) electrons. The molecular weight excluding hydrogens is 102 g/mol. The predicted molar refractivity (Wildman–Crippen MR) is 37.4 cm³/mol. The molecule has 0 heterocycles. The van der Waals surface area contributed by atoms with E-state index in [0.29, 0.717) is 0 Å². The van der Waals surface area contributed by atoms with Crippen LogP contribution in [0.5, 0.6) is 0 Å².